The lowest BCUT2D eigenvalue weighted by molar-refractivity contribution is 0.134. The molecule has 96 valence electrons. The van der Waals surface area contributed by atoms with Gasteiger partial charge in [-0.1, -0.05) is 12.8 Å². The van der Waals surface area contributed by atoms with Crippen molar-refractivity contribution in [2.45, 2.75) is 30.7 Å². The molecule has 0 amide bonds. The number of H-pyrrole nitrogens is 1. The Morgan fingerprint density at radius 1 is 1.47 bits per heavy atom. The Labute approximate surface area is 101 Å². The summed E-state index contributed by atoms with van der Waals surface area (Å²) in [5.41, 5.74) is -0.285. The second-order valence-electron chi connectivity index (χ2n) is 4.61. The Bertz CT molecular complexity index is 449. The maximum atomic E-state index is 11.8. The van der Waals surface area contributed by atoms with Gasteiger partial charge in [0.15, 0.2) is 5.03 Å². The number of rotatable bonds is 5. The van der Waals surface area contributed by atoms with Gasteiger partial charge in [-0.3, -0.25) is 0 Å². The lowest BCUT2D eigenvalue weighted by atomic mass is 9.88. The second-order valence-corrected chi connectivity index (χ2v) is 6.34. The molecule has 0 atom stereocenters. The van der Waals surface area contributed by atoms with Crippen LogP contribution >= 0.6 is 0 Å². The molecule has 0 aromatic carbocycles. The largest absolute Gasteiger partial charge is 0.396 e. The maximum Gasteiger partial charge on any atom is 0.257 e. The molecular weight excluding hydrogens is 242 g/mol. The number of nitrogens with zero attached hydrogens (tertiary/aromatic N) is 1. The smallest absolute Gasteiger partial charge is 0.257 e. The topological polar surface area (TPSA) is 95.1 Å². The van der Waals surface area contributed by atoms with Crippen LogP contribution in [0.5, 0.6) is 0 Å². The highest BCUT2D eigenvalue weighted by atomic mass is 32.2. The molecule has 17 heavy (non-hydrogen) atoms. The van der Waals surface area contributed by atoms with Crippen LogP contribution in [0.25, 0.3) is 0 Å². The molecule has 0 unspecified atom stereocenters. The normalized spacial score (nSPS) is 19.6. The molecule has 1 aromatic heterocycles. The Kier molecular flexibility index (Phi) is 3.50. The van der Waals surface area contributed by atoms with E-state index in [-0.39, 0.29) is 23.6 Å². The summed E-state index contributed by atoms with van der Waals surface area (Å²) in [4.78, 5) is 6.24. The van der Waals surface area contributed by atoms with E-state index >= 15 is 0 Å². The van der Waals surface area contributed by atoms with Gasteiger partial charge in [0.05, 0.1) is 12.5 Å². The molecule has 1 heterocycles. The molecule has 1 fully saturated rings. The van der Waals surface area contributed by atoms with Crippen LogP contribution < -0.4 is 4.72 Å². The van der Waals surface area contributed by atoms with E-state index in [0.29, 0.717) is 0 Å². The van der Waals surface area contributed by atoms with E-state index in [1.165, 1.54) is 12.5 Å². The quantitative estimate of drug-likeness (QED) is 0.706. The number of nitrogens with one attached hydrogen (secondary N) is 2. The van der Waals surface area contributed by atoms with Crippen molar-refractivity contribution >= 4 is 10.0 Å². The SMILES string of the molecule is O=S(=O)(NCC1(CO)CCCC1)c1cnc[nH]1. The summed E-state index contributed by atoms with van der Waals surface area (Å²) < 4.78 is 26.2. The highest BCUT2D eigenvalue weighted by Gasteiger charge is 2.34. The molecule has 3 N–H and O–H groups in total. The van der Waals surface area contributed by atoms with E-state index in [9.17, 15) is 13.5 Å². The van der Waals surface area contributed by atoms with E-state index in [2.05, 4.69) is 14.7 Å². The Morgan fingerprint density at radius 2 is 2.18 bits per heavy atom. The van der Waals surface area contributed by atoms with Gasteiger partial charge in [0.1, 0.15) is 0 Å². The first-order valence-corrected chi connectivity index (χ1v) is 7.15. The van der Waals surface area contributed by atoms with E-state index in [0.717, 1.165) is 25.7 Å². The summed E-state index contributed by atoms with van der Waals surface area (Å²) in [6.07, 6.45) is 6.43. The number of hydrogen-bond donors (Lipinski definition) is 3. The zero-order valence-corrected chi connectivity index (χ0v) is 10.3. The van der Waals surface area contributed by atoms with Crippen molar-refractivity contribution in [2.24, 2.45) is 5.41 Å². The van der Waals surface area contributed by atoms with E-state index in [4.69, 9.17) is 0 Å². The fourth-order valence-electron chi connectivity index (χ4n) is 2.23. The average molecular weight is 259 g/mol. The van der Waals surface area contributed by atoms with Crippen molar-refractivity contribution in [1.82, 2.24) is 14.7 Å². The predicted octanol–water partition coefficient (Wildman–Crippen LogP) is 0.241. The summed E-state index contributed by atoms with van der Waals surface area (Å²) in [6.45, 7) is 0.309. The third-order valence-electron chi connectivity index (χ3n) is 3.40. The maximum absolute atomic E-state index is 11.8. The zero-order chi connectivity index (χ0) is 12.4. The van der Waals surface area contributed by atoms with Gasteiger partial charge in [-0.2, -0.15) is 0 Å². The van der Waals surface area contributed by atoms with Gasteiger partial charge < -0.3 is 10.1 Å². The van der Waals surface area contributed by atoms with Crippen LogP contribution in [0.1, 0.15) is 25.7 Å². The highest BCUT2D eigenvalue weighted by Crippen LogP contribution is 2.37. The van der Waals surface area contributed by atoms with E-state index < -0.39 is 10.0 Å². The standard InChI is InChI=1S/C10H17N3O3S/c14-7-10(3-1-2-4-10)6-13-17(15,16)9-5-11-8-12-9/h5,8,13-14H,1-4,6-7H2,(H,11,12). The van der Waals surface area contributed by atoms with Crippen LogP contribution in [0.4, 0.5) is 0 Å². The molecule has 0 radical (unpaired) electrons. The average Bonchev–Trinajstić information content (AvgIpc) is 2.99. The summed E-state index contributed by atoms with van der Waals surface area (Å²) in [5, 5.41) is 9.45. The number of aliphatic hydroxyl groups excluding tert-OH is 1. The molecule has 0 saturated heterocycles. The Morgan fingerprint density at radius 3 is 2.71 bits per heavy atom. The van der Waals surface area contributed by atoms with Gasteiger partial charge in [0, 0.05) is 18.6 Å². The minimum atomic E-state index is -3.53. The first kappa shape index (κ1) is 12.5. The van der Waals surface area contributed by atoms with Crippen LogP contribution in [0.2, 0.25) is 0 Å². The number of aromatic nitrogens is 2. The van der Waals surface area contributed by atoms with Crippen molar-refractivity contribution in [3.63, 3.8) is 0 Å². The van der Waals surface area contributed by atoms with Gasteiger partial charge >= 0.3 is 0 Å². The Hall–Kier alpha value is -0.920. The van der Waals surface area contributed by atoms with Crippen LogP contribution in [0, 0.1) is 5.41 Å². The number of aliphatic hydroxyl groups is 1. The Balaban J connectivity index is 2.02. The minimum Gasteiger partial charge on any atom is -0.396 e. The molecule has 0 spiro atoms. The first-order chi connectivity index (χ1) is 8.08. The third kappa shape index (κ3) is 2.67. The summed E-state index contributed by atoms with van der Waals surface area (Å²) in [5.74, 6) is 0. The van der Waals surface area contributed by atoms with Crippen molar-refractivity contribution in [2.75, 3.05) is 13.2 Å². The number of hydrogen-bond acceptors (Lipinski definition) is 4. The van der Waals surface area contributed by atoms with Crippen molar-refractivity contribution in [1.29, 1.82) is 0 Å². The molecule has 2 rings (SSSR count). The summed E-state index contributed by atoms with van der Waals surface area (Å²) in [6, 6.07) is 0. The van der Waals surface area contributed by atoms with Crippen LogP contribution in [0.3, 0.4) is 0 Å². The van der Waals surface area contributed by atoms with Crippen LogP contribution in [0.15, 0.2) is 17.6 Å². The molecule has 6 nitrogen and oxygen atoms in total. The molecule has 1 aromatic rings. The van der Waals surface area contributed by atoms with Gasteiger partial charge in [0.2, 0.25) is 0 Å². The molecular formula is C10H17N3O3S. The second kappa shape index (κ2) is 4.75. The lowest BCUT2D eigenvalue weighted by Crippen LogP contribution is -2.38. The van der Waals surface area contributed by atoms with E-state index in [1.807, 2.05) is 0 Å². The molecule has 1 aliphatic rings. The van der Waals surface area contributed by atoms with Gasteiger partial charge in [-0.25, -0.2) is 18.1 Å². The van der Waals surface area contributed by atoms with Gasteiger partial charge in [-0.15, -0.1) is 0 Å². The lowest BCUT2D eigenvalue weighted by Gasteiger charge is -2.26. The number of aromatic amines is 1. The predicted molar refractivity (Wildman–Crippen MR) is 61.8 cm³/mol. The van der Waals surface area contributed by atoms with Crippen LogP contribution in [-0.2, 0) is 10.0 Å². The molecule has 1 saturated carbocycles. The van der Waals surface area contributed by atoms with Crippen LogP contribution in [-0.4, -0.2) is 36.6 Å². The van der Waals surface area contributed by atoms with Crippen molar-refractivity contribution in [3.05, 3.63) is 12.5 Å². The van der Waals surface area contributed by atoms with Crippen molar-refractivity contribution in [3.8, 4) is 0 Å². The molecule has 1 aliphatic carbocycles. The third-order valence-corrected chi connectivity index (χ3v) is 4.73. The number of sulfonamides is 1. The molecule has 0 aliphatic heterocycles. The van der Waals surface area contributed by atoms with Gasteiger partial charge in [-0.05, 0) is 12.8 Å². The van der Waals surface area contributed by atoms with Crippen molar-refractivity contribution < 1.29 is 13.5 Å². The van der Waals surface area contributed by atoms with Gasteiger partial charge in [0.25, 0.3) is 10.0 Å². The highest BCUT2D eigenvalue weighted by molar-refractivity contribution is 7.89. The minimum absolute atomic E-state index is 0.0263. The summed E-state index contributed by atoms with van der Waals surface area (Å²) in [7, 11) is -3.53. The zero-order valence-electron chi connectivity index (χ0n) is 9.52. The summed E-state index contributed by atoms with van der Waals surface area (Å²) >= 11 is 0. The molecule has 7 heteroatoms. The fraction of sp³-hybridized carbons (Fsp3) is 0.700. The first-order valence-electron chi connectivity index (χ1n) is 5.67. The fourth-order valence-corrected chi connectivity index (χ4v) is 3.29. The number of imidazole rings is 1. The monoisotopic (exact) mass is 259 g/mol. The van der Waals surface area contributed by atoms with E-state index in [1.54, 1.807) is 0 Å². The molecule has 0 bridgehead atoms.